The van der Waals surface area contributed by atoms with E-state index in [0.29, 0.717) is 13.1 Å². The van der Waals surface area contributed by atoms with Crippen LogP contribution in [0.5, 0.6) is 0 Å². The Morgan fingerprint density at radius 1 is 1.15 bits per heavy atom. The van der Waals surface area contributed by atoms with Gasteiger partial charge >= 0.3 is 6.03 Å². The molecule has 0 saturated carbocycles. The highest BCUT2D eigenvalue weighted by molar-refractivity contribution is 7.18. The molecular formula is C19H22N4OS2. The number of aromatic nitrogens is 1. The van der Waals surface area contributed by atoms with Gasteiger partial charge in [-0.25, -0.2) is 9.78 Å². The number of urea groups is 1. The summed E-state index contributed by atoms with van der Waals surface area (Å²) in [7, 11) is 0. The second-order valence-electron chi connectivity index (χ2n) is 6.41. The van der Waals surface area contributed by atoms with Crippen molar-refractivity contribution in [2.45, 2.75) is 25.4 Å². The zero-order valence-corrected chi connectivity index (χ0v) is 16.1. The number of rotatable bonds is 6. The molecule has 5 nitrogen and oxygen atoms in total. The van der Waals surface area contributed by atoms with Crippen LogP contribution in [-0.4, -0.2) is 35.5 Å². The van der Waals surface area contributed by atoms with Crippen molar-refractivity contribution in [2.75, 3.05) is 19.6 Å². The molecule has 1 atom stereocenters. The van der Waals surface area contributed by atoms with Gasteiger partial charge in [0, 0.05) is 11.4 Å². The number of nitrogens with zero attached hydrogens (tertiary/aromatic N) is 2. The lowest BCUT2D eigenvalue weighted by molar-refractivity contribution is 0.222. The minimum absolute atomic E-state index is 0.134. The summed E-state index contributed by atoms with van der Waals surface area (Å²) in [6, 6.07) is 12.4. The largest absolute Gasteiger partial charge is 0.336 e. The molecule has 0 aliphatic carbocycles. The molecular weight excluding hydrogens is 364 g/mol. The zero-order valence-electron chi connectivity index (χ0n) is 14.5. The van der Waals surface area contributed by atoms with E-state index in [1.165, 1.54) is 17.7 Å². The summed E-state index contributed by atoms with van der Waals surface area (Å²) in [5, 5.41) is 9.01. The molecule has 0 radical (unpaired) electrons. The van der Waals surface area contributed by atoms with Gasteiger partial charge < -0.3 is 10.6 Å². The number of para-hydroxylation sites is 1. The summed E-state index contributed by atoms with van der Waals surface area (Å²) in [5.74, 6) is 0. The molecule has 1 aliphatic rings. The van der Waals surface area contributed by atoms with Gasteiger partial charge in [0.1, 0.15) is 5.01 Å². The first kappa shape index (κ1) is 17.5. The lowest BCUT2D eigenvalue weighted by Gasteiger charge is -2.26. The van der Waals surface area contributed by atoms with Crippen LogP contribution in [0.15, 0.2) is 41.8 Å². The third-order valence-corrected chi connectivity index (χ3v) is 6.66. The average molecular weight is 387 g/mol. The first-order chi connectivity index (χ1) is 12.8. The average Bonchev–Trinajstić information content (AvgIpc) is 3.40. The van der Waals surface area contributed by atoms with E-state index in [-0.39, 0.29) is 12.1 Å². The van der Waals surface area contributed by atoms with E-state index < -0.39 is 0 Å². The van der Waals surface area contributed by atoms with Gasteiger partial charge in [-0.2, -0.15) is 0 Å². The molecule has 0 spiro atoms. The Bertz CT molecular complexity index is 822. The van der Waals surface area contributed by atoms with E-state index in [2.05, 4.69) is 44.1 Å². The van der Waals surface area contributed by atoms with Crippen molar-refractivity contribution in [1.29, 1.82) is 0 Å². The molecule has 2 amide bonds. The van der Waals surface area contributed by atoms with Crippen LogP contribution in [0.25, 0.3) is 10.2 Å². The number of likely N-dealkylation sites (tertiary alicyclic amines) is 1. The molecule has 1 aromatic carbocycles. The number of thiazole rings is 1. The molecule has 2 N–H and O–H groups in total. The predicted octanol–water partition coefficient (Wildman–Crippen LogP) is 3.99. The van der Waals surface area contributed by atoms with Crippen LogP contribution >= 0.6 is 22.7 Å². The van der Waals surface area contributed by atoms with E-state index in [1.807, 2.05) is 18.2 Å². The van der Waals surface area contributed by atoms with Gasteiger partial charge in [0.2, 0.25) is 0 Å². The van der Waals surface area contributed by atoms with Crippen molar-refractivity contribution in [3.8, 4) is 0 Å². The maximum atomic E-state index is 12.3. The van der Waals surface area contributed by atoms with Crippen LogP contribution in [0.2, 0.25) is 0 Å². The minimum Gasteiger partial charge on any atom is -0.336 e. The molecule has 4 rings (SSSR count). The summed E-state index contributed by atoms with van der Waals surface area (Å²) in [6.45, 7) is 3.31. The smallest absolute Gasteiger partial charge is 0.315 e. The Morgan fingerprint density at radius 2 is 2.00 bits per heavy atom. The molecule has 3 aromatic rings. The van der Waals surface area contributed by atoms with Crippen molar-refractivity contribution >= 4 is 38.9 Å². The summed E-state index contributed by atoms with van der Waals surface area (Å²) in [4.78, 5) is 20.6. The van der Waals surface area contributed by atoms with Gasteiger partial charge in [-0.1, -0.05) is 18.2 Å². The summed E-state index contributed by atoms with van der Waals surface area (Å²) >= 11 is 3.38. The molecule has 3 heterocycles. The first-order valence-electron chi connectivity index (χ1n) is 8.93. The zero-order chi connectivity index (χ0) is 17.8. The first-order valence-corrected chi connectivity index (χ1v) is 10.6. The second-order valence-corrected chi connectivity index (χ2v) is 8.51. The SMILES string of the molecule is O=C(NCc1nc2ccccc2s1)NCC(c1cccs1)N1CCCC1. The molecule has 1 unspecified atom stereocenters. The van der Waals surface area contributed by atoms with Crippen molar-refractivity contribution in [3.05, 3.63) is 51.7 Å². The van der Waals surface area contributed by atoms with Crippen LogP contribution in [0.4, 0.5) is 4.79 Å². The van der Waals surface area contributed by atoms with Crippen LogP contribution < -0.4 is 10.6 Å². The summed E-state index contributed by atoms with van der Waals surface area (Å²) < 4.78 is 1.15. The highest BCUT2D eigenvalue weighted by Gasteiger charge is 2.24. The number of hydrogen-bond donors (Lipinski definition) is 2. The third-order valence-electron chi connectivity index (χ3n) is 4.65. The van der Waals surface area contributed by atoms with E-state index in [1.54, 1.807) is 22.7 Å². The van der Waals surface area contributed by atoms with Crippen LogP contribution in [0.1, 0.15) is 28.8 Å². The number of fused-ring (bicyclic) bond motifs is 1. The van der Waals surface area contributed by atoms with Crippen molar-refractivity contribution < 1.29 is 4.79 Å². The summed E-state index contributed by atoms with van der Waals surface area (Å²) in [6.07, 6.45) is 2.48. The lowest BCUT2D eigenvalue weighted by atomic mass is 10.2. The molecule has 136 valence electrons. The second kappa shape index (κ2) is 8.16. The molecule has 1 saturated heterocycles. The van der Waals surface area contributed by atoms with Gasteiger partial charge in [0.15, 0.2) is 0 Å². The van der Waals surface area contributed by atoms with E-state index in [4.69, 9.17) is 0 Å². The van der Waals surface area contributed by atoms with Crippen molar-refractivity contribution in [3.63, 3.8) is 0 Å². The van der Waals surface area contributed by atoms with E-state index >= 15 is 0 Å². The molecule has 1 fully saturated rings. The summed E-state index contributed by atoms with van der Waals surface area (Å²) in [5.41, 5.74) is 0.988. The molecule has 7 heteroatoms. The fourth-order valence-electron chi connectivity index (χ4n) is 3.35. The molecule has 1 aliphatic heterocycles. The minimum atomic E-state index is -0.134. The number of benzene rings is 1. The van der Waals surface area contributed by atoms with Gasteiger partial charge in [-0.3, -0.25) is 4.90 Å². The maximum Gasteiger partial charge on any atom is 0.315 e. The number of nitrogens with one attached hydrogen (secondary N) is 2. The predicted molar refractivity (Wildman–Crippen MR) is 108 cm³/mol. The van der Waals surface area contributed by atoms with Crippen LogP contribution in [0.3, 0.4) is 0 Å². The Morgan fingerprint density at radius 3 is 2.77 bits per heavy atom. The van der Waals surface area contributed by atoms with Gasteiger partial charge in [0.25, 0.3) is 0 Å². The fraction of sp³-hybridized carbons (Fsp3) is 0.368. The van der Waals surface area contributed by atoms with Gasteiger partial charge in [-0.15, -0.1) is 22.7 Å². The number of carbonyl (C=O) groups is 1. The number of hydrogen-bond acceptors (Lipinski definition) is 5. The topological polar surface area (TPSA) is 57.3 Å². The normalized spacial score (nSPS) is 16.0. The van der Waals surface area contributed by atoms with Crippen LogP contribution in [-0.2, 0) is 6.54 Å². The number of thiophene rings is 1. The number of carbonyl (C=O) groups excluding carboxylic acids is 1. The van der Waals surface area contributed by atoms with Crippen molar-refractivity contribution in [1.82, 2.24) is 20.5 Å². The van der Waals surface area contributed by atoms with Crippen LogP contribution in [0, 0.1) is 0 Å². The Hall–Kier alpha value is -1.96. The van der Waals surface area contributed by atoms with Crippen molar-refractivity contribution in [2.24, 2.45) is 0 Å². The Balaban J connectivity index is 1.32. The highest BCUT2D eigenvalue weighted by Crippen LogP contribution is 2.27. The van der Waals surface area contributed by atoms with Gasteiger partial charge in [-0.05, 0) is 49.5 Å². The third kappa shape index (κ3) is 4.06. The Kier molecular flexibility index (Phi) is 5.48. The molecule has 26 heavy (non-hydrogen) atoms. The lowest BCUT2D eigenvalue weighted by Crippen LogP contribution is -2.41. The Labute approximate surface area is 161 Å². The van der Waals surface area contributed by atoms with Gasteiger partial charge in [0.05, 0.1) is 22.8 Å². The van der Waals surface area contributed by atoms with E-state index in [0.717, 1.165) is 28.3 Å². The van der Waals surface area contributed by atoms with E-state index in [9.17, 15) is 4.79 Å². The number of amides is 2. The molecule has 0 bridgehead atoms. The fourth-order valence-corrected chi connectivity index (χ4v) is 5.12. The standard InChI is InChI=1S/C19H22N4OS2/c24-19(21-13-18-22-14-6-1-2-7-16(14)26-18)20-12-15(17-8-5-11-25-17)23-9-3-4-10-23/h1-2,5-8,11,15H,3-4,9-10,12-13H2,(H2,20,21,24). The molecule has 2 aromatic heterocycles. The highest BCUT2D eigenvalue weighted by atomic mass is 32.1. The maximum absolute atomic E-state index is 12.3. The monoisotopic (exact) mass is 386 g/mol. The quantitative estimate of drug-likeness (QED) is 0.673.